The molecule has 0 unspecified atom stereocenters. The predicted molar refractivity (Wildman–Crippen MR) is 101 cm³/mol. The third-order valence-corrected chi connectivity index (χ3v) is 6.06. The van der Waals surface area contributed by atoms with Gasteiger partial charge in [-0.3, -0.25) is 4.79 Å². The lowest BCUT2D eigenvalue weighted by Crippen LogP contribution is -2.50. The fourth-order valence-corrected chi connectivity index (χ4v) is 4.14. The van der Waals surface area contributed by atoms with Gasteiger partial charge >= 0.3 is 6.09 Å². The van der Waals surface area contributed by atoms with Crippen molar-refractivity contribution < 1.29 is 22.7 Å². The van der Waals surface area contributed by atoms with Gasteiger partial charge in [0.1, 0.15) is 0 Å². The summed E-state index contributed by atoms with van der Waals surface area (Å²) < 4.78 is 32.1. The molecule has 27 heavy (non-hydrogen) atoms. The molecule has 1 aliphatic rings. The number of nitrogens with zero attached hydrogens (tertiary/aromatic N) is 2. The number of carbonyl (C=O) groups is 2. The summed E-state index contributed by atoms with van der Waals surface area (Å²) in [7, 11) is -3.74. The van der Waals surface area contributed by atoms with E-state index < -0.39 is 16.1 Å². The molecule has 1 heterocycles. The van der Waals surface area contributed by atoms with Crippen molar-refractivity contribution in [2.75, 3.05) is 39.3 Å². The van der Waals surface area contributed by atoms with Gasteiger partial charge in [-0.05, 0) is 31.0 Å². The highest BCUT2D eigenvalue weighted by atomic mass is 32.2. The van der Waals surface area contributed by atoms with Crippen molar-refractivity contribution in [1.29, 1.82) is 0 Å². The van der Waals surface area contributed by atoms with Gasteiger partial charge < -0.3 is 15.0 Å². The molecule has 1 fully saturated rings. The maximum Gasteiger partial charge on any atom is 0.409 e. The zero-order valence-corrected chi connectivity index (χ0v) is 16.8. The summed E-state index contributed by atoms with van der Waals surface area (Å²) in [5.41, 5.74) is 0.307. The number of piperazine rings is 1. The van der Waals surface area contributed by atoms with Crippen LogP contribution in [0.2, 0.25) is 0 Å². The van der Waals surface area contributed by atoms with Crippen LogP contribution in [-0.4, -0.2) is 69.0 Å². The molecule has 1 saturated heterocycles. The van der Waals surface area contributed by atoms with E-state index in [9.17, 15) is 18.0 Å². The Labute approximate surface area is 160 Å². The Bertz CT molecular complexity index is 771. The molecule has 0 spiro atoms. The van der Waals surface area contributed by atoms with E-state index in [0.717, 1.165) is 0 Å². The van der Waals surface area contributed by atoms with Crippen LogP contribution >= 0.6 is 0 Å². The second-order valence-electron chi connectivity index (χ2n) is 6.72. The summed E-state index contributed by atoms with van der Waals surface area (Å²) in [5.74, 6) is 0.00411. The van der Waals surface area contributed by atoms with Crippen LogP contribution in [0.4, 0.5) is 4.79 Å². The van der Waals surface area contributed by atoms with Crippen molar-refractivity contribution in [2.45, 2.75) is 25.7 Å². The van der Waals surface area contributed by atoms with Crippen molar-refractivity contribution in [3.05, 3.63) is 29.8 Å². The van der Waals surface area contributed by atoms with Crippen LogP contribution in [-0.2, 0) is 14.8 Å². The summed E-state index contributed by atoms with van der Waals surface area (Å²) in [6.45, 7) is 7.40. The van der Waals surface area contributed by atoms with Crippen molar-refractivity contribution in [1.82, 2.24) is 14.5 Å². The van der Waals surface area contributed by atoms with Gasteiger partial charge in [0, 0.05) is 38.3 Å². The topological polar surface area (TPSA) is 96.0 Å². The number of nitrogens with one attached hydrogen (secondary N) is 1. The smallest absolute Gasteiger partial charge is 0.409 e. The summed E-state index contributed by atoms with van der Waals surface area (Å²) >= 11 is 0. The largest absolute Gasteiger partial charge is 0.450 e. The second kappa shape index (κ2) is 9.18. The Morgan fingerprint density at radius 3 is 2.44 bits per heavy atom. The molecule has 1 aliphatic heterocycles. The maximum atomic E-state index is 12.9. The average molecular weight is 397 g/mol. The minimum absolute atomic E-state index is 0.0734. The van der Waals surface area contributed by atoms with Gasteiger partial charge in [0.15, 0.2) is 0 Å². The summed E-state index contributed by atoms with van der Waals surface area (Å²) in [4.78, 5) is 25.5. The maximum absolute atomic E-state index is 12.9. The second-order valence-corrected chi connectivity index (χ2v) is 8.66. The lowest BCUT2D eigenvalue weighted by atomic mass is 10.2. The first-order valence-corrected chi connectivity index (χ1v) is 10.5. The van der Waals surface area contributed by atoms with Crippen molar-refractivity contribution >= 4 is 22.0 Å². The molecule has 150 valence electrons. The number of amides is 2. The monoisotopic (exact) mass is 397 g/mol. The molecule has 1 aromatic rings. The molecule has 0 aliphatic carbocycles. The molecule has 8 nitrogen and oxygen atoms in total. The molecule has 0 bridgehead atoms. The Morgan fingerprint density at radius 1 is 1.19 bits per heavy atom. The minimum Gasteiger partial charge on any atom is -0.450 e. The fraction of sp³-hybridized carbons (Fsp3) is 0.556. The van der Waals surface area contributed by atoms with Crippen LogP contribution in [0, 0.1) is 5.92 Å². The summed E-state index contributed by atoms with van der Waals surface area (Å²) in [6.07, 6.45) is -0.432. The lowest BCUT2D eigenvalue weighted by Gasteiger charge is -2.33. The third kappa shape index (κ3) is 5.43. The number of rotatable bonds is 6. The van der Waals surface area contributed by atoms with E-state index >= 15 is 0 Å². The van der Waals surface area contributed by atoms with Gasteiger partial charge in [-0.2, -0.15) is 4.31 Å². The summed E-state index contributed by atoms with van der Waals surface area (Å²) in [5, 5.41) is 2.78. The van der Waals surface area contributed by atoms with Gasteiger partial charge in [0.05, 0.1) is 11.5 Å². The summed E-state index contributed by atoms with van der Waals surface area (Å²) in [6, 6.07) is 6.02. The van der Waals surface area contributed by atoms with Gasteiger partial charge in [0.25, 0.3) is 5.91 Å². The molecule has 0 atom stereocenters. The van der Waals surface area contributed by atoms with Gasteiger partial charge in [-0.25, -0.2) is 13.2 Å². The van der Waals surface area contributed by atoms with Crippen LogP contribution in [0.5, 0.6) is 0 Å². The number of hydrogen-bond acceptors (Lipinski definition) is 5. The van der Waals surface area contributed by atoms with Crippen molar-refractivity contribution in [2.24, 2.45) is 5.92 Å². The van der Waals surface area contributed by atoms with Crippen LogP contribution in [0.3, 0.4) is 0 Å². The Morgan fingerprint density at radius 2 is 1.85 bits per heavy atom. The van der Waals surface area contributed by atoms with Gasteiger partial charge in [0.2, 0.25) is 10.0 Å². The van der Waals surface area contributed by atoms with Crippen molar-refractivity contribution in [3.8, 4) is 0 Å². The van der Waals surface area contributed by atoms with E-state index in [1.54, 1.807) is 19.1 Å². The normalized spacial score (nSPS) is 15.6. The highest BCUT2D eigenvalue weighted by molar-refractivity contribution is 7.89. The van der Waals surface area contributed by atoms with E-state index in [1.807, 2.05) is 13.8 Å². The first-order valence-electron chi connectivity index (χ1n) is 9.05. The molecule has 2 amide bonds. The highest BCUT2D eigenvalue weighted by Crippen LogP contribution is 2.19. The van der Waals surface area contributed by atoms with E-state index in [-0.39, 0.29) is 43.6 Å². The molecule has 0 radical (unpaired) electrons. The SMILES string of the molecule is CCOC(=O)N1CCN(S(=O)(=O)c2cccc(C(=O)NCC(C)C)c2)CC1. The predicted octanol–water partition coefficient (Wildman–Crippen LogP) is 1.54. The molecule has 1 aromatic carbocycles. The van der Waals surface area contributed by atoms with Crippen LogP contribution in [0.1, 0.15) is 31.1 Å². The van der Waals surface area contributed by atoms with E-state index in [0.29, 0.717) is 18.0 Å². The van der Waals surface area contributed by atoms with Crippen LogP contribution < -0.4 is 5.32 Å². The first kappa shape index (κ1) is 21.2. The van der Waals surface area contributed by atoms with Crippen LogP contribution in [0.25, 0.3) is 0 Å². The zero-order chi connectivity index (χ0) is 20.0. The number of carbonyl (C=O) groups excluding carboxylic acids is 2. The molecule has 2 rings (SSSR count). The van der Waals surface area contributed by atoms with E-state index in [1.165, 1.54) is 21.3 Å². The molecular weight excluding hydrogens is 370 g/mol. The molecule has 0 saturated carbocycles. The first-order chi connectivity index (χ1) is 12.8. The van der Waals surface area contributed by atoms with Crippen LogP contribution in [0.15, 0.2) is 29.2 Å². The number of hydrogen-bond donors (Lipinski definition) is 1. The third-order valence-electron chi connectivity index (χ3n) is 4.17. The highest BCUT2D eigenvalue weighted by Gasteiger charge is 2.30. The molecule has 0 aromatic heterocycles. The molecule has 1 N–H and O–H groups in total. The standard InChI is InChI=1S/C18H27N3O5S/c1-4-26-18(23)20-8-10-21(11-9-20)27(24,25)16-7-5-6-15(12-16)17(22)19-13-14(2)3/h5-7,12,14H,4,8-11,13H2,1-3H3,(H,19,22). The quantitative estimate of drug-likeness (QED) is 0.785. The Kier molecular flexibility index (Phi) is 7.20. The lowest BCUT2D eigenvalue weighted by molar-refractivity contribution is 0.0930. The molecule has 9 heteroatoms. The van der Waals surface area contributed by atoms with E-state index in [2.05, 4.69) is 5.32 Å². The number of ether oxygens (including phenoxy) is 1. The minimum atomic E-state index is -3.74. The van der Waals surface area contributed by atoms with Gasteiger partial charge in [-0.15, -0.1) is 0 Å². The van der Waals surface area contributed by atoms with E-state index in [4.69, 9.17) is 4.74 Å². The number of sulfonamides is 1. The van der Waals surface area contributed by atoms with Crippen molar-refractivity contribution in [3.63, 3.8) is 0 Å². The fourth-order valence-electron chi connectivity index (χ4n) is 2.67. The average Bonchev–Trinajstić information content (AvgIpc) is 2.66. The number of benzene rings is 1. The Hall–Kier alpha value is -2.13. The zero-order valence-electron chi connectivity index (χ0n) is 16.0. The van der Waals surface area contributed by atoms with Gasteiger partial charge in [-0.1, -0.05) is 19.9 Å². The Balaban J connectivity index is 2.08. The molecular formula is C18H27N3O5S.